The van der Waals surface area contributed by atoms with Crippen molar-refractivity contribution >= 4 is 40.8 Å². The highest BCUT2D eigenvalue weighted by molar-refractivity contribution is 6.34. The molecule has 1 amide bonds. The second-order valence-corrected chi connectivity index (χ2v) is 7.99. The van der Waals surface area contributed by atoms with Crippen LogP contribution in [0.2, 0.25) is 10.0 Å². The van der Waals surface area contributed by atoms with Crippen molar-refractivity contribution in [3.8, 4) is 5.75 Å². The van der Waals surface area contributed by atoms with Gasteiger partial charge in [0.2, 0.25) is 0 Å². The second-order valence-electron chi connectivity index (χ2n) is 7.15. The summed E-state index contributed by atoms with van der Waals surface area (Å²) >= 11 is 12.3. The molecule has 0 aliphatic carbocycles. The molecular weight excluding hydrogens is 449 g/mol. The Hall–Kier alpha value is -3.02. The lowest BCUT2D eigenvalue weighted by molar-refractivity contribution is -0.142. The van der Waals surface area contributed by atoms with E-state index in [1.54, 1.807) is 37.3 Å². The lowest BCUT2D eigenvalue weighted by Gasteiger charge is -2.13. The van der Waals surface area contributed by atoms with Crippen LogP contribution in [0.4, 0.5) is 5.69 Å². The highest BCUT2D eigenvalue weighted by atomic mass is 35.5. The van der Waals surface area contributed by atoms with E-state index in [2.05, 4.69) is 5.32 Å². The number of rotatable bonds is 8. The Morgan fingerprint density at radius 1 is 0.969 bits per heavy atom. The predicted octanol–water partition coefficient (Wildman–Crippen LogP) is 6.24. The van der Waals surface area contributed by atoms with Crippen molar-refractivity contribution in [2.24, 2.45) is 0 Å². The highest BCUT2D eigenvalue weighted by Crippen LogP contribution is 2.26. The van der Waals surface area contributed by atoms with Gasteiger partial charge in [0.05, 0.1) is 23.7 Å². The fourth-order valence-corrected chi connectivity index (χ4v) is 3.53. The lowest BCUT2D eigenvalue weighted by atomic mass is 10.1. The zero-order valence-corrected chi connectivity index (χ0v) is 19.3. The Balaban J connectivity index is 1.69. The van der Waals surface area contributed by atoms with E-state index in [1.165, 1.54) is 0 Å². The predicted molar refractivity (Wildman–Crippen MR) is 127 cm³/mol. The van der Waals surface area contributed by atoms with Crippen LogP contribution in [0.25, 0.3) is 0 Å². The van der Waals surface area contributed by atoms with E-state index in [0.29, 0.717) is 45.8 Å². The molecule has 5 nitrogen and oxygen atoms in total. The number of nitrogens with one attached hydrogen (secondary N) is 1. The molecule has 0 atom stereocenters. The number of hydrogen-bond donors (Lipinski definition) is 1. The molecule has 0 saturated carbocycles. The highest BCUT2D eigenvalue weighted by Gasteiger charge is 2.14. The van der Waals surface area contributed by atoms with Gasteiger partial charge in [-0.2, -0.15) is 0 Å². The van der Waals surface area contributed by atoms with Crippen molar-refractivity contribution in [1.82, 2.24) is 0 Å². The number of aryl methyl sites for hydroxylation is 1. The summed E-state index contributed by atoms with van der Waals surface area (Å²) in [6.45, 7) is 4.25. The number of carbonyl (C=O) groups excluding carboxylic acids is 2. The van der Waals surface area contributed by atoms with Crippen LogP contribution in [-0.2, 0) is 22.6 Å². The lowest BCUT2D eigenvalue weighted by Crippen LogP contribution is -2.14. The Morgan fingerprint density at radius 2 is 1.78 bits per heavy atom. The van der Waals surface area contributed by atoms with Gasteiger partial charge >= 0.3 is 5.97 Å². The number of esters is 1. The number of hydrogen-bond acceptors (Lipinski definition) is 4. The van der Waals surface area contributed by atoms with E-state index in [0.717, 1.165) is 11.1 Å². The summed E-state index contributed by atoms with van der Waals surface area (Å²) in [4.78, 5) is 24.5. The first-order valence-corrected chi connectivity index (χ1v) is 10.8. The molecule has 0 aliphatic rings. The molecule has 0 radical (unpaired) electrons. The van der Waals surface area contributed by atoms with Crippen molar-refractivity contribution in [3.63, 3.8) is 0 Å². The summed E-state index contributed by atoms with van der Waals surface area (Å²) in [5, 5.41) is 3.80. The third-order valence-corrected chi connectivity index (χ3v) is 5.23. The van der Waals surface area contributed by atoms with Crippen LogP contribution in [0.15, 0.2) is 60.7 Å². The summed E-state index contributed by atoms with van der Waals surface area (Å²) in [6.07, 6.45) is 0.118. The Kier molecular flexibility index (Phi) is 8.14. The molecule has 0 unspecified atom stereocenters. The Morgan fingerprint density at radius 3 is 2.50 bits per heavy atom. The van der Waals surface area contributed by atoms with Crippen LogP contribution >= 0.6 is 23.2 Å². The van der Waals surface area contributed by atoms with E-state index in [9.17, 15) is 9.59 Å². The number of halogens is 2. The Bertz CT molecular complexity index is 1130. The third kappa shape index (κ3) is 6.49. The standard InChI is InChI=1S/C25H23Cl2NO4/c1-3-31-24(29)13-17-8-10-23(22(27)12-17)28-25(30)21-14-20(9-7-16(21)2)32-15-18-5-4-6-19(26)11-18/h4-12,14H,3,13,15H2,1-2H3,(H,28,30). The molecule has 7 heteroatoms. The molecule has 0 spiro atoms. The summed E-state index contributed by atoms with van der Waals surface area (Å²) < 4.78 is 10.8. The summed E-state index contributed by atoms with van der Waals surface area (Å²) in [7, 11) is 0. The zero-order valence-electron chi connectivity index (χ0n) is 17.8. The van der Waals surface area contributed by atoms with Gasteiger partial charge in [0.1, 0.15) is 12.4 Å². The fraction of sp³-hybridized carbons (Fsp3) is 0.200. The minimum absolute atomic E-state index is 0.118. The molecular formula is C25H23Cl2NO4. The maximum absolute atomic E-state index is 12.9. The van der Waals surface area contributed by atoms with Gasteiger partial charge in [0.15, 0.2) is 0 Å². The Labute approximate surface area is 197 Å². The molecule has 0 aromatic heterocycles. The zero-order chi connectivity index (χ0) is 23.1. The van der Waals surface area contributed by atoms with Crippen LogP contribution in [-0.4, -0.2) is 18.5 Å². The normalized spacial score (nSPS) is 10.5. The van der Waals surface area contributed by atoms with Gasteiger partial charge in [-0.15, -0.1) is 0 Å². The van der Waals surface area contributed by atoms with E-state index in [1.807, 2.05) is 37.3 Å². The van der Waals surface area contributed by atoms with E-state index < -0.39 is 0 Å². The number of ether oxygens (including phenoxy) is 2. The van der Waals surface area contributed by atoms with Crippen molar-refractivity contribution in [3.05, 3.63) is 93.0 Å². The molecule has 3 aromatic rings. The second kappa shape index (κ2) is 11.0. The molecule has 3 rings (SSSR count). The van der Waals surface area contributed by atoms with E-state index in [4.69, 9.17) is 32.7 Å². The van der Waals surface area contributed by atoms with E-state index >= 15 is 0 Å². The van der Waals surface area contributed by atoms with Gasteiger partial charge in [-0.05, 0) is 66.9 Å². The monoisotopic (exact) mass is 471 g/mol. The maximum atomic E-state index is 12.9. The number of amides is 1. The molecule has 0 bridgehead atoms. The minimum Gasteiger partial charge on any atom is -0.489 e. The number of benzene rings is 3. The molecule has 32 heavy (non-hydrogen) atoms. The smallest absolute Gasteiger partial charge is 0.310 e. The van der Waals surface area contributed by atoms with Crippen LogP contribution in [0.5, 0.6) is 5.75 Å². The molecule has 166 valence electrons. The average molecular weight is 472 g/mol. The molecule has 0 aliphatic heterocycles. The average Bonchev–Trinajstić information content (AvgIpc) is 2.75. The van der Waals surface area contributed by atoms with Crippen molar-refractivity contribution in [2.75, 3.05) is 11.9 Å². The third-order valence-electron chi connectivity index (χ3n) is 4.68. The van der Waals surface area contributed by atoms with Crippen molar-refractivity contribution in [1.29, 1.82) is 0 Å². The van der Waals surface area contributed by atoms with Gasteiger partial charge in [0.25, 0.3) is 5.91 Å². The molecule has 1 N–H and O–H groups in total. The summed E-state index contributed by atoms with van der Waals surface area (Å²) in [5.74, 6) is -0.0714. The maximum Gasteiger partial charge on any atom is 0.310 e. The quantitative estimate of drug-likeness (QED) is 0.395. The fourth-order valence-electron chi connectivity index (χ4n) is 3.07. The number of carbonyl (C=O) groups is 2. The van der Waals surface area contributed by atoms with Crippen LogP contribution in [0.1, 0.15) is 34.0 Å². The number of anilines is 1. The van der Waals surface area contributed by atoms with Gasteiger partial charge < -0.3 is 14.8 Å². The van der Waals surface area contributed by atoms with Crippen LogP contribution < -0.4 is 10.1 Å². The van der Waals surface area contributed by atoms with Gasteiger partial charge in [-0.25, -0.2) is 0 Å². The topological polar surface area (TPSA) is 64.6 Å². The van der Waals surface area contributed by atoms with Gasteiger partial charge in [-0.1, -0.05) is 47.5 Å². The molecule has 0 fully saturated rings. The van der Waals surface area contributed by atoms with Gasteiger partial charge in [0, 0.05) is 10.6 Å². The van der Waals surface area contributed by atoms with E-state index in [-0.39, 0.29) is 18.3 Å². The summed E-state index contributed by atoms with van der Waals surface area (Å²) in [5.41, 5.74) is 3.36. The first-order chi connectivity index (χ1) is 15.4. The SMILES string of the molecule is CCOC(=O)Cc1ccc(NC(=O)c2cc(OCc3cccc(Cl)c3)ccc2C)c(Cl)c1. The first-order valence-electron chi connectivity index (χ1n) is 10.1. The summed E-state index contributed by atoms with van der Waals surface area (Å²) in [6, 6.07) is 17.8. The van der Waals surface area contributed by atoms with Crippen molar-refractivity contribution in [2.45, 2.75) is 26.9 Å². The molecule has 0 heterocycles. The van der Waals surface area contributed by atoms with Crippen molar-refractivity contribution < 1.29 is 19.1 Å². The van der Waals surface area contributed by atoms with Gasteiger partial charge in [-0.3, -0.25) is 9.59 Å². The molecule has 0 saturated heterocycles. The molecule has 3 aromatic carbocycles. The first kappa shape index (κ1) is 23.6. The largest absolute Gasteiger partial charge is 0.489 e. The minimum atomic E-state index is -0.328. The van der Waals surface area contributed by atoms with Crippen LogP contribution in [0, 0.1) is 6.92 Å². The van der Waals surface area contributed by atoms with Crippen LogP contribution in [0.3, 0.4) is 0 Å².